The number of nitrogens with zero attached hydrogens (tertiary/aromatic N) is 3. The SMILES string of the molecule is CC(C)c1ccc(C(=O)c2sc(Nc3ccc(N4CCC(N5CCCCC5)CC4)cc3)nc2N)cc1O[C@H](C)CO. The summed E-state index contributed by atoms with van der Waals surface area (Å²) in [6.07, 6.45) is 6.16. The number of hydrogen-bond acceptors (Lipinski definition) is 9. The third-order valence-corrected chi connectivity index (χ3v) is 9.18. The van der Waals surface area contributed by atoms with E-state index in [4.69, 9.17) is 10.5 Å². The average Bonchev–Trinajstić information content (AvgIpc) is 3.36. The largest absolute Gasteiger partial charge is 0.488 e. The van der Waals surface area contributed by atoms with E-state index in [1.807, 2.05) is 6.07 Å². The van der Waals surface area contributed by atoms with Crippen molar-refractivity contribution in [2.75, 3.05) is 48.7 Å². The number of ketones is 1. The molecule has 2 saturated heterocycles. The lowest BCUT2D eigenvalue weighted by Crippen LogP contribution is -2.46. The van der Waals surface area contributed by atoms with E-state index in [9.17, 15) is 9.90 Å². The van der Waals surface area contributed by atoms with Crippen LogP contribution in [0.1, 0.15) is 79.6 Å². The summed E-state index contributed by atoms with van der Waals surface area (Å²) in [6, 6.07) is 14.6. The summed E-state index contributed by atoms with van der Waals surface area (Å²) >= 11 is 1.25. The Morgan fingerprint density at radius 3 is 2.44 bits per heavy atom. The van der Waals surface area contributed by atoms with Crippen LogP contribution in [0.4, 0.5) is 22.3 Å². The standard InChI is InChI=1S/C32H43N5O3S/c1-21(2)27-12-7-23(19-28(27)40-22(3)20-38)29(39)30-31(33)35-32(41-30)34-24-8-10-25(11-9-24)37-17-13-26(14-18-37)36-15-5-4-6-16-36/h7-12,19,21-22,26,38H,4-6,13-18,20,33H2,1-3H3,(H,34,35)/t22-/m1/s1. The maximum atomic E-state index is 13.4. The van der Waals surface area contributed by atoms with E-state index >= 15 is 0 Å². The van der Waals surface area contributed by atoms with Crippen LogP contribution in [0.2, 0.25) is 0 Å². The van der Waals surface area contributed by atoms with Crippen molar-refractivity contribution >= 4 is 39.4 Å². The monoisotopic (exact) mass is 577 g/mol. The number of piperidine rings is 2. The minimum absolute atomic E-state index is 0.106. The highest BCUT2D eigenvalue weighted by molar-refractivity contribution is 7.18. The number of hydrogen-bond donors (Lipinski definition) is 3. The Morgan fingerprint density at radius 1 is 1.07 bits per heavy atom. The van der Waals surface area contributed by atoms with Gasteiger partial charge in [0.1, 0.15) is 22.5 Å². The normalized spacial score (nSPS) is 17.5. The van der Waals surface area contributed by atoms with Crippen molar-refractivity contribution in [1.29, 1.82) is 0 Å². The lowest BCUT2D eigenvalue weighted by Gasteiger charge is -2.41. The Hall–Kier alpha value is -3.14. The summed E-state index contributed by atoms with van der Waals surface area (Å²) in [6.45, 7) is 10.5. The highest BCUT2D eigenvalue weighted by Crippen LogP contribution is 2.34. The number of thiazole rings is 1. The molecule has 9 heteroatoms. The number of benzene rings is 2. The first kappa shape index (κ1) is 29.4. The van der Waals surface area contributed by atoms with E-state index < -0.39 is 0 Å². The van der Waals surface area contributed by atoms with Gasteiger partial charge in [-0.05, 0) is 87.5 Å². The summed E-state index contributed by atoms with van der Waals surface area (Å²) in [4.78, 5) is 23.4. The zero-order valence-electron chi connectivity index (χ0n) is 24.4. The van der Waals surface area contributed by atoms with Crippen molar-refractivity contribution in [3.8, 4) is 5.75 Å². The number of anilines is 4. The molecule has 0 spiro atoms. The summed E-state index contributed by atoms with van der Waals surface area (Å²) in [5.41, 5.74) is 9.80. The molecular weight excluding hydrogens is 534 g/mol. The van der Waals surface area contributed by atoms with Gasteiger partial charge in [0.15, 0.2) is 5.13 Å². The molecule has 0 bridgehead atoms. The highest BCUT2D eigenvalue weighted by Gasteiger charge is 2.26. The van der Waals surface area contributed by atoms with Crippen molar-refractivity contribution in [3.05, 3.63) is 58.5 Å². The van der Waals surface area contributed by atoms with Gasteiger partial charge in [-0.1, -0.05) is 43.7 Å². The molecule has 5 rings (SSSR count). The Balaban J connectivity index is 1.22. The number of likely N-dealkylation sites (tertiary alicyclic amines) is 1. The zero-order chi connectivity index (χ0) is 28.9. The molecule has 0 aliphatic carbocycles. The Kier molecular flexibility index (Phi) is 9.47. The molecule has 4 N–H and O–H groups in total. The van der Waals surface area contributed by atoms with Crippen LogP contribution in [0.3, 0.4) is 0 Å². The van der Waals surface area contributed by atoms with Crippen molar-refractivity contribution < 1.29 is 14.6 Å². The Bertz CT molecular complexity index is 1310. The fraction of sp³-hybridized carbons (Fsp3) is 0.500. The number of aliphatic hydroxyl groups excluding tert-OH is 1. The van der Waals surface area contributed by atoms with E-state index in [0.717, 1.165) is 30.4 Å². The number of carbonyl (C=O) groups is 1. The van der Waals surface area contributed by atoms with Gasteiger partial charge in [-0.3, -0.25) is 4.79 Å². The number of carbonyl (C=O) groups excluding carboxylic acids is 1. The minimum atomic E-state index is -0.375. The van der Waals surface area contributed by atoms with Crippen molar-refractivity contribution in [1.82, 2.24) is 9.88 Å². The second-order valence-corrected chi connectivity index (χ2v) is 12.6. The third kappa shape index (κ3) is 7.02. The predicted molar refractivity (Wildman–Crippen MR) is 168 cm³/mol. The fourth-order valence-corrected chi connectivity index (χ4v) is 6.71. The first-order valence-electron chi connectivity index (χ1n) is 14.9. The van der Waals surface area contributed by atoms with Gasteiger partial charge < -0.3 is 30.7 Å². The number of nitrogen functional groups attached to an aromatic ring is 1. The molecule has 1 atom stereocenters. The number of ether oxygens (including phenoxy) is 1. The summed E-state index contributed by atoms with van der Waals surface area (Å²) in [5, 5.41) is 13.3. The van der Waals surface area contributed by atoms with E-state index in [1.54, 1.807) is 19.1 Å². The van der Waals surface area contributed by atoms with Crippen LogP contribution >= 0.6 is 11.3 Å². The van der Waals surface area contributed by atoms with Gasteiger partial charge in [0.25, 0.3) is 0 Å². The van der Waals surface area contributed by atoms with Crippen LogP contribution in [0.5, 0.6) is 5.75 Å². The van der Waals surface area contributed by atoms with Crippen LogP contribution in [0, 0.1) is 0 Å². The second kappa shape index (κ2) is 13.2. The summed E-state index contributed by atoms with van der Waals surface area (Å²) in [5.74, 6) is 0.815. The molecule has 3 heterocycles. The molecular formula is C32H43N5O3S. The number of nitrogens with two attached hydrogens (primary N) is 1. The predicted octanol–water partition coefficient (Wildman–Crippen LogP) is 6.04. The molecule has 0 unspecified atom stereocenters. The molecule has 0 saturated carbocycles. The number of aromatic nitrogens is 1. The lowest BCUT2D eigenvalue weighted by molar-refractivity contribution is 0.104. The van der Waals surface area contributed by atoms with E-state index in [-0.39, 0.29) is 30.2 Å². The fourth-order valence-electron chi connectivity index (χ4n) is 5.84. The molecule has 8 nitrogen and oxygen atoms in total. The second-order valence-electron chi connectivity index (χ2n) is 11.6. The lowest BCUT2D eigenvalue weighted by atomic mass is 9.98. The minimum Gasteiger partial charge on any atom is -0.488 e. The molecule has 2 fully saturated rings. The smallest absolute Gasteiger partial charge is 0.206 e. The van der Waals surface area contributed by atoms with Gasteiger partial charge in [-0.15, -0.1) is 0 Å². The average molecular weight is 578 g/mol. The summed E-state index contributed by atoms with van der Waals surface area (Å²) in [7, 11) is 0. The van der Waals surface area contributed by atoms with Gasteiger partial charge in [-0.2, -0.15) is 0 Å². The molecule has 2 aliphatic heterocycles. The Labute approximate surface area is 247 Å². The molecule has 0 amide bonds. The van der Waals surface area contributed by atoms with Crippen LogP contribution in [-0.4, -0.2) is 65.7 Å². The van der Waals surface area contributed by atoms with Gasteiger partial charge >= 0.3 is 0 Å². The first-order valence-corrected chi connectivity index (χ1v) is 15.7. The van der Waals surface area contributed by atoms with E-state index in [2.05, 4.69) is 58.2 Å². The third-order valence-electron chi connectivity index (χ3n) is 8.20. The molecule has 3 aromatic rings. The van der Waals surface area contributed by atoms with Gasteiger partial charge in [-0.25, -0.2) is 4.98 Å². The molecule has 0 radical (unpaired) electrons. The Morgan fingerprint density at radius 2 is 1.78 bits per heavy atom. The van der Waals surface area contributed by atoms with Gasteiger partial charge in [0, 0.05) is 36.1 Å². The maximum absolute atomic E-state index is 13.4. The maximum Gasteiger partial charge on any atom is 0.206 e. The van der Waals surface area contributed by atoms with Crippen LogP contribution in [0.15, 0.2) is 42.5 Å². The van der Waals surface area contributed by atoms with Crippen LogP contribution in [0.25, 0.3) is 0 Å². The number of rotatable bonds is 10. The molecule has 2 aromatic carbocycles. The van der Waals surface area contributed by atoms with Crippen LogP contribution in [-0.2, 0) is 0 Å². The van der Waals surface area contributed by atoms with Gasteiger partial charge in [0.05, 0.1) is 6.61 Å². The van der Waals surface area contributed by atoms with Gasteiger partial charge in [0.2, 0.25) is 5.78 Å². The highest BCUT2D eigenvalue weighted by atomic mass is 32.1. The first-order chi connectivity index (χ1) is 19.8. The van der Waals surface area contributed by atoms with Crippen molar-refractivity contribution in [2.45, 2.75) is 70.9 Å². The quantitative estimate of drug-likeness (QED) is 0.251. The molecule has 2 aliphatic rings. The topological polar surface area (TPSA) is 104 Å². The summed E-state index contributed by atoms with van der Waals surface area (Å²) < 4.78 is 5.92. The van der Waals surface area contributed by atoms with Crippen molar-refractivity contribution in [2.24, 2.45) is 0 Å². The van der Waals surface area contributed by atoms with E-state index in [0.29, 0.717) is 21.3 Å². The molecule has 41 heavy (non-hydrogen) atoms. The molecule has 220 valence electrons. The number of nitrogens with one attached hydrogen (secondary N) is 1. The van der Waals surface area contributed by atoms with Crippen LogP contribution < -0.4 is 20.7 Å². The van der Waals surface area contributed by atoms with Crippen molar-refractivity contribution in [3.63, 3.8) is 0 Å². The number of aliphatic hydroxyl groups is 1. The van der Waals surface area contributed by atoms with E-state index in [1.165, 1.54) is 62.2 Å². The molecule has 1 aromatic heterocycles. The zero-order valence-corrected chi connectivity index (χ0v) is 25.3.